The van der Waals surface area contributed by atoms with Crippen LogP contribution in [-0.4, -0.2) is 32.6 Å². The van der Waals surface area contributed by atoms with Crippen LogP contribution in [-0.2, 0) is 23.1 Å². The molecular weight excluding hydrogens is 294 g/mol. The first-order valence-electron chi connectivity index (χ1n) is 7.80. The predicted octanol–water partition coefficient (Wildman–Crippen LogP) is 2.12. The third-order valence-corrected chi connectivity index (χ3v) is 3.91. The minimum atomic E-state index is -0.992. The van der Waals surface area contributed by atoms with E-state index in [4.69, 9.17) is 5.11 Å². The lowest BCUT2D eigenvalue weighted by molar-refractivity contribution is -0.143. The Labute approximate surface area is 135 Å². The first-order chi connectivity index (χ1) is 10.9. The number of nitrogens with zero attached hydrogens (tertiary/aromatic N) is 2. The van der Waals surface area contributed by atoms with Gasteiger partial charge in [0.25, 0.3) is 0 Å². The van der Waals surface area contributed by atoms with Gasteiger partial charge in [0.15, 0.2) is 0 Å². The van der Waals surface area contributed by atoms with Crippen LogP contribution in [0.1, 0.15) is 32.3 Å². The van der Waals surface area contributed by atoms with E-state index in [9.17, 15) is 9.59 Å². The molecule has 0 aliphatic rings. The number of carbonyl (C=O) groups is 2. The Hall–Kier alpha value is -2.37. The molecule has 23 heavy (non-hydrogen) atoms. The number of amides is 1. The van der Waals surface area contributed by atoms with Crippen LogP contribution in [0, 0.1) is 5.92 Å². The van der Waals surface area contributed by atoms with E-state index >= 15 is 0 Å². The maximum absolute atomic E-state index is 11.9. The highest BCUT2D eigenvalue weighted by Gasteiger charge is 2.22. The number of aliphatic carboxylic acids is 1. The standard InChI is InChI=1S/C17H23N3O3/c1-11(2)16(17(22)23)19-15(21)6-4-5-12-7-8-14-13(9-12)18-10-20(14)3/h7-11,16H,4-6H2,1-3H3,(H,19,21)(H,22,23). The van der Waals surface area contributed by atoms with Crippen LogP contribution in [0.15, 0.2) is 24.5 Å². The molecule has 2 aromatic rings. The van der Waals surface area contributed by atoms with Crippen LogP contribution >= 0.6 is 0 Å². The molecular formula is C17H23N3O3. The van der Waals surface area contributed by atoms with Gasteiger partial charge in [0, 0.05) is 13.5 Å². The normalized spacial score (nSPS) is 12.5. The Bertz CT molecular complexity index is 706. The second kappa shape index (κ2) is 7.26. The van der Waals surface area contributed by atoms with Crippen molar-refractivity contribution in [2.75, 3.05) is 0 Å². The first-order valence-corrected chi connectivity index (χ1v) is 7.80. The lowest BCUT2D eigenvalue weighted by Gasteiger charge is -2.17. The Morgan fingerprint density at radius 2 is 2.09 bits per heavy atom. The number of hydrogen-bond donors (Lipinski definition) is 2. The van der Waals surface area contributed by atoms with Gasteiger partial charge in [0.2, 0.25) is 5.91 Å². The van der Waals surface area contributed by atoms with Gasteiger partial charge in [-0.3, -0.25) is 4.79 Å². The summed E-state index contributed by atoms with van der Waals surface area (Å²) in [6.45, 7) is 3.56. The van der Waals surface area contributed by atoms with Gasteiger partial charge < -0.3 is 15.0 Å². The van der Waals surface area contributed by atoms with E-state index in [0.29, 0.717) is 12.8 Å². The highest BCUT2D eigenvalue weighted by atomic mass is 16.4. The van der Waals surface area contributed by atoms with Gasteiger partial charge in [0.1, 0.15) is 6.04 Å². The summed E-state index contributed by atoms with van der Waals surface area (Å²) < 4.78 is 1.96. The number of aromatic nitrogens is 2. The van der Waals surface area contributed by atoms with Crippen LogP contribution in [0.3, 0.4) is 0 Å². The van der Waals surface area contributed by atoms with Crippen LogP contribution in [0.5, 0.6) is 0 Å². The molecule has 0 spiro atoms. The molecule has 0 saturated heterocycles. The number of carbonyl (C=O) groups excluding carboxylic acids is 1. The number of fused-ring (bicyclic) bond motifs is 1. The zero-order valence-corrected chi connectivity index (χ0v) is 13.7. The van der Waals surface area contributed by atoms with Crippen LogP contribution in [0.25, 0.3) is 11.0 Å². The van der Waals surface area contributed by atoms with Crippen LogP contribution < -0.4 is 5.32 Å². The molecule has 1 aromatic carbocycles. The highest BCUT2D eigenvalue weighted by Crippen LogP contribution is 2.15. The molecule has 6 nitrogen and oxygen atoms in total. The largest absolute Gasteiger partial charge is 0.480 e. The number of rotatable bonds is 7. The average Bonchev–Trinajstić information content (AvgIpc) is 2.85. The number of benzene rings is 1. The smallest absolute Gasteiger partial charge is 0.326 e. The fraction of sp³-hybridized carbons (Fsp3) is 0.471. The molecule has 0 aliphatic heterocycles. The van der Waals surface area contributed by atoms with Crippen molar-refractivity contribution >= 4 is 22.9 Å². The molecule has 0 saturated carbocycles. The van der Waals surface area contributed by atoms with Gasteiger partial charge >= 0.3 is 5.97 Å². The van der Waals surface area contributed by atoms with E-state index in [1.165, 1.54) is 0 Å². The number of hydrogen-bond acceptors (Lipinski definition) is 3. The zero-order valence-electron chi connectivity index (χ0n) is 13.7. The minimum absolute atomic E-state index is 0.136. The molecule has 0 radical (unpaired) electrons. The SMILES string of the molecule is CC(C)C(NC(=O)CCCc1ccc2c(c1)ncn2C)C(=O)O. The summed E-state index contributed by atoms with van der Waals surface area (Å²) in [6, 6.07) is 5.27. The summed E-state index contributed by atoms with van der Waals surface area (Å²) in [7, 11) is 1.95. The van der Waals surface area contributed by atoms with Gasteiger partial charge in [-0.2, -0.15) is 0 Å². The van der Waals surface area contributed by atoms with E-state index < -0.39 is 12.0 Å². The molecule has 0 fully saturated rings. The lowest BCUT2D eigenvalue weighted by atomic mass is 10.0. The maximum Gasteiger partial charge on any atom is 0.326 e. The van der Waals surface area contributed by atoms with E-state index in [1.807, 2.05) is 29.8 Å². The first kappa shape index (κ1) is 17.0. The number of carboxylic acid groups (broad SMARTS) is 1. The van der Waals surface area contributed by atoms with Crippen molar-refractivity contribution in [2.45, 2.75) is 39.2 Å². The molecule has 1 heterocycles. The van der Waals surface area contributed by atoms with Crippen LogP contribution in [0.4, 0.5) is 0 Å². The zero-order chi connectivity index (χ0) is 17.0. The van der Waals surface area contributed by atoms with Crippen molar-refractivity contribution in [2.24, 2.45) is 13.0 Å². The second-order valence-electron chi connectivity index (χ2n) is 6.16. The number of aryl methyl sites for hydroxylation is 2. The highest BCUT2D eigenvalue weighted by molar-refractivity contribution is 5.83. The third kappa shape index (κ3) is 4.31. The molecule has 124 valence electrons. The Kier molecular flexibility index (Phi) is 5.36. The van der Waals surface area contributed by atoms with Crippen molar-refractivity contribution in [3.8, 4) is 0 Å². The fourth-order valence-corrected chi connectivity index (χ4v) is 2.55. The molecule has 6 heteroatoms. The molecule has 1 amide bonds. The van der Waals surface area contributed by atoms with Gasteiger partial charge in [-0.25, -0.2) is 9.78 Å². The van der Waals surface area contributed by atoms with Crippen molar-refractivity contribution in [1.82, 2.24) is 14.9 Å². The predicted molar refractivity (Wildman–Crippen MR) is 88.1 cm³/mol. The molecule has 0 aliphatic carbocycles. The molecule has 1 unspecified atom stereocenters. The number of carboxylic acids is 1. The van der Waals surface area contributed by atoms with Crippen molar-refractivity contribution in [1.29, 1.82) is 0 Å². The average molecular weight is 317 g/mol. The fourth-order valence-electron chi connectivity index (χ4n) is 2.55. The third-order valence-electron chi connectivity index (χ3n) is 3.91. The molecule has 0 bridgehead atoms. The molecule has 2 N–H and O–H groups in total. The summed E-state index contributed by atoms with van der Waals surface area (Å²) in [6.07, 6.45) is 3.53. The second-order valence-corrected chi connectivity index (χ2v) is 6.16. The van der Waals surface area contributed by atoms with Gasteiger partial charge in [-0.15, -0.1) is 0 Å². The Morgan fingerprint density at radius 1 is 1.35 bits per heavy atom. The van der Waals surface area contributed by atoms with Gasteiger partial charge in [-0.05, 0) is 36.5 Å². The Morgan fingerprint density at radius 3 is 2.74 bits per heavy atom. The van der Waals surface area contributed by atoms with E-state index in [1.54, 1.807) is 20.2 Å². The van der Waals surface area contributed by atoms with Gasteiger partial charge in [-0.1, -0.05) is 19.9 Å². The monoisotopic (exact) mass is 317 g/mol. The van der Waals surface area contributed by atoms with E-state index in [2.05, 4.69) is 10.3 Å². The van der Waals surface area contributed by atoms with Crippen molar-refractivity contribution in [3.63, 3.8) is 0 Å². The maximum atomic E-state index is 11.9. The number of imidazole rings is 1. The quantitative estimate of drug-likeness (QED) is 0.819. The summed E-state index contributed by atoms with van der Waals surface area (Å²) in [5.74, 6) is -1.35. The van der Waals surface area contributed by atoms with Crippen molar-refractivity contribution in [3.05, 3.63) is 30.1 Å². The van der Waals surface area contributed by atoms with Gasteiger partial charge in [0.05, 0.1) is 17.4 Å². The summed E-state index contributed by atoms with van der Waals surface area (Å²) in [5, 5.41) is 11.7. The minimum Gasteiger partial charge on any atom is -0.480 e. The Balaban J connectivity index is 1.85. The molecule has 1 atom stereocenters. The lowest BCUT2D eigenvalue weighted by Crippen LogP contribution is -2.44. The summed E-state index contributed by atoms with van der Waals surface area (Å²) >= 11 is 0. The van der Waals surface area contributed by atoms with E-state index in [0.717, 1.165) is 23.0 Å². The molecule has 1 aromatic heterocycles. The van der Waals surface area contributed by atoms with Crippen LogP contribution in [0.2, 0.25) is 0 Å². The topological polar surface area (TPSA) is 84.2 Å². The molecule has 2 rings (SSSR count). The van der Waals surface area contributed by atoms with E-state index in [-0.39, 0.29) is 11.8 Å². The summed E-state index contributed by atoms with van der Waals surface area (Å²) in [5.41, 5.74) is 3.15. The summed E-state index contributed by atoms with van der Waals surface area (Å²) in [4.78, 5) is 27.3. The number of nitrogens with one attached hydrogen (secondary N) is 1. The van der Waals surface area contributed by atoms with Crippen molar-refractivity contribution < 1.29 is 14.7 Å².